The van der Waals surface area contributed by atoms with E-state index in [9.17, 15) is 0 Å². The van der Waals surface area contributed by atoms with Gasteiger partial charge in [-0.3, -0.25) is 0 Å². The molecule has 0 aliphatic carbocycles. The molecule has 0 unspecified atom stereocenters. The van der Waals surface area contributed by atoms with E-state index in [-0.39, 0.29) is 0 Å². The molecule has 0 heterocycles. The van der Waals surface area contributed by atoms with E-state index >= 15 is 0 Å². The molecule has 0 radical (unpaired) electrons. The van der Waals surface area contributed by atoms with Gasteiger partial charge in [0.25, 0.3) is 5.17 Å². The lowest BCUT2D eigenvalue weighted by molar-refractivity contribution is 0.551. The topological polar surface area (TPSA) is 21.3 Å². The summed E-state index contributed by atoms with van der Waals surface area (Å²) in [6, 6.07) is 17.9. The highest BCUT2D eigenvalue weighted by Gasteiger charge is 2.06. The van der Waals surface area contributed by atoms with Crippen molar-refractivity contribution in [3.05, 3.63) is 60.2 Å². The summed E-state index contributed by atoms with van der Waals surface area (Å²) in [4.78, 5) is 0. The second-order valence-electron chi connectivity index (χ2n) is 4.95. The minimum atomic E-state index is 0.379. The molecular formula is C18H21NOS. The molecule has 110 valence electrons. The molecule has 2 aromatic rings. The number of benzene rings is 2. The number of anilines is 1. The van der Waals surface area contributed by atoms with E-state index in [1.807, 2.05) is 48.5 Å². The molecular weight excluding hydrogens is 278 g/mol. The van der Waals surface area contributed by atoms with E-state index in [1.165, 1.54) is 24.8 Å². The summed E-state index contributed by atoms with van der Waals surface area (Å²) in [6.45, 7) is 2.21. The number of aryl methyl sites for hydroxylation is 1. The summed E-state index contributed by atoms with van der Waals surface area (Å²) in [5.74, 6) is 0.849. The van der Waals surface area contributed by atoms with Crippen LogP contribution in [0.25, 0.3) is 0 Å². The largest absolute Gasteiger partial charge is 0.431 e. The van der Waals surface area contributed by atoms with Crippen LogP contribution in [-0.2, 0) is 6.42 Å². The number of para-hydroxylation sites is 2. The number of unbranched alkanes of at least 4 members (excludes halogenated alkanes) is 2. The Morgan fingerprint density at radius 2 is 1.71 bits per heavy atom. The third-order valence-corrected chi connectivity index (χ3v) is 3.43. The van der Waals surface area contributed by atoms with Crippen molar-refractivity contribution in [1.82, 2.24) is 0 Å². The molecule has 0 bridgehead atoms. The van der Waals surface area contributed by atoms with Crippen molar-refractivity contribution >= 4 is 23.1 Å². The lowest BCUT2D eigenvalue weighted by Gasteiger charge is -2.13. The molecule has 0 aromatic heterocycles. The van der Waals surface area contributed by atoms with Crippen LogP contribution in [0.2, 0.25) is 0 Å². The fourth-order valence-electron chi connectivity index (χ4n) is 2.14. The van der Waals surface area contributed by atoms with Gasteiger partial charge in [-0.15, -0.1) is 0 Å². The van der Waals surface area contributed by atoms with Crippen molar-refractivity contribution in [2.24, 2.45) is 0 Å². The van der Waals surface area contributed by atoms with Crippen LogP contribution >= 0.6 is 12.2 Å². The number of hydrogen-bond donors (Lipinski definition) is 1. The molecule has 0 spiro atoms. The molecule has 1 N–H and O–H groups in total. The van der Waals surface area contributed by atoms with E-state index < -0.39 is 0 Å². The van der Waals surface area contributed by atoms with E-state index in [0.29, 0.717) is 5.17 Å². The highest BCUT2D eigenvalue weighted by atomic mass is 32.1. The van der Waals surface area contributed by atoms with Crippen molar-refractivity contribution in [3.8, 4) is 5.75 Å². The first-order valence-electron chi connectivity index (χ1n) is 7.41. The Kier molecular flexibility index (Phi) is 6.22. The van der Waals surface area contributed by atoms with Crippen LogP contribution in [0, 0.1) is 0 Å². The van der Waals surface area contributed by atoms with E-state index in [4.69, 9.17) is 17.0 Å². The maximum atomic E-state index is 5.80. The monoisotopic (exact) mass is 299 g/mol. The number of rotatable bonds is 6. The number of nitrogens with one attached hydrogen (secondary N) is 1. The molecule has 2 rings (SSSR count). The number of thiocarbonyl (C=S) groups is 1. The summed E-state index contributed by atoms with van der Waals surface area (Å²) in [7, 11) is 0. The predicted molar refractivity (Wildman–Crippen MR) is 93.0 cm³/mol. The molecule has 0 saturated carbocycles. The average Bonchev–Trinajstić information content (AvgIpc) is 2.50. The normalized spacial score (nSPS) is 10.1. The molecule has 0 amide bonds. The molecule has 2 nitrogen and oxygen atoms in total. The van der Waals surface area contributed by atoms with Crippen molar-refractivity contribution in [2.45, 2.75) is 32.6 Å². The van der Waals surface area contributed by atoms with Crippen LogP contribution < -0.4 is 10.1 Å². The van der Waals surface area contributed by atoms with Crippen LogP contribution in [0.5, 0.6) is 5.75 Å². The first kappa shape index (κ1) is 15.5. The van der Waals surface area contributed by atoms with Gasteiger partial charge in [-0.25, -0.2) is 0 Å². The number of ether oxygens (including phenoxy) is 1. The van der Waals surface area contributed by atoms with Gasteiger partial charge in [0.15, 0.2) is 0 Å². The molecule has 21 heavy (non-hydrogen) atoms. The Bertz CT molecular complexity index is 568. The zero-order chi connectivity index (χ0) is 14.9. The molecule has 0 aliphatic rings. The second kappa shape index (κ2) is 8.42. The van der Waals surface area contributed by atoms with Crippen LogP contribution in [0.1, 0.15) is 31.7 Å². The van der Waals surface area contributed by atoms with Crippen molar-refractivity contribution in [3.63, 3.8) is 0 Å². The van der Waals surface area contributed by atoms with Gasteiger partial charge in [0.1, 0.15) is 5.75 Å². The molecule has 0 atom stereocenters. The van der Waals surface area contributed by atoms with Crippen LogP contribution in [0.15, 0.2) is 54.6 Å². The summed E-state index contributed by atoms with van der Waals surface area (Å²) < 4.78 is 5.80. The maximum absolute atomic E-state index is 5.80. The number of hydrogen-bond acceptors (Lipinski definition) is 2. The highest BCUT2D eigenvalue weighted by molar-refractivity contribution is 7.80. The lowest BCUT2D eigenvalue weighted by Crippen LogP contribution is -2.17. The summed E-state index contributed by atoms with van der Waals surface area (Å²) in [5, 5.41) is 3.47. The average molecular weight is 299 g/mol. The van der Waals surface area contributed by atoms with Gasteiger partial charge in [0.2, 0.25) is 0 Å². The van der Waals surface area contributed by atoms with Gasteiger partial charge in [0.05, 0.1) is 0 Å². The van der Waals surface area contributed by atoms with Gasteiger partial charge >= 0.3 is 0 Å². The first-order valence-corrected chi connectivity index (χ1v) is 7.82. The van der Waals surface area contributed by atoms with Crippen molar-refractivity contribution in [1.29, 1.82) is 0 Å². The second-order valence-corrected chi connectivity index (χ2v) is 5.32. The molecule has 3 heteroatoms. The van der Waals surface area contributed by atoms with Gasteiger partial charge in [0, 0.05) is 5.69 Å². The van der Waals surface area contributed by atoms with Crippen molar-refractivity contribution in [2.75, 3.05) is 5.32 Å². The molecule has 0 fully saturated rings. The maximum Gasteiger partial charge on any atom is 0.266 e. The molecule has 2 aromatic carbocycles. The Balaban J connectivity index is 1.97. The van der Waals surface area contributed by atoms with E-state index in [2.05, 4.69) is 18.3 Å². The summed E-state index contributed by atoms with van der Waals surface area (Å²) >= 11 is 5.28. The lowest BCUT2D eigenvalue weighted by atomic mass is 10.1. The zero-order valence-corrected chi connectivity index (χ0v) is 13.2. The first-order chi connectivity index (χ1) is 10.3. The minimum Gasteiger partial charge on any atom is -0.431 e. The Hall–Kier alpha value is -1.87. The van der Waals surface area contributed by atoms with Gasteiger partial charge < -0.3 is 10.1 Å². The fourth-order valence-corrected chi connectivity index (χ4v) is 2.35. The summed E-state index contributed by atoms with van der Waals surface area (Å²) in [5.41, 5.74) is 2.15. The van der Waals surface area contributed by atoms with Gasteiger partial charge in [-0.05, 0) is 48.8 Å². The third-order valence-electron chi connectivity index (χ3n) is 3.25. The highest BCUT2D eigenvalue weighted by Crippen LogP contribution is 2.21. The Labute approximate surface area is 132 Å². The standard InChI is InChI=1S/C18H21NOS/c1-2-3-5-10-15-11-8-9-14-17(15)20-18(21)19-16-12-6-4-7-13-16/h4,6-9,11-14H,2-3,5,10H2,1H3,(H,19,21). The van der Waals surface area contributed by atoms with Crippen LogP contribution in [-0.4, -0.2) is 5.17 Å². The molecule has 0 saturated heterocycles. The Morgan fingerprint density at radius 1 is 1.00 bits per heavy atom. The SMILES string of the molecule is CCCCCc1ccccc1OC(=S)Nc1ccccc1. The fraction of sp³-hybridized carbons (Fsp3) is 0.278. The molecule has 0 aliphatic heterocycles. The zero-order valence-electron chi connectivity index (χ0n) is 12.3. The van der Waals surface area contributed by atoms with Crippen molar-refractivity contribution < 1.29 is 4.74 Å². The minimum absolute atomic E-state index is 0.379. The van der Waals surface area contributed by atoms with Crippen LogP contribution in [0.4, 0.5) is 5.69 Å². The Morgan fingerprint density at radius 3 is 2.48 bits per heavy atom. The van der Waals surface area contributed by atoms with E-state index in [0.717, 1.165) is 17.9 Å². The van der Waals surface area contributed by atoms with Gasteiger partial charge in [-0.1, -0.05) is 56.2 Å². The predicted octanol–water partition coefficient (Wildman–Crippen LogP) is 5.20. The summed E-state index contributed by atoms with van der Waals surface area (Å²) in [6.07, 6.45) is 4.66. The van der Waals surface area contributed by atoms with Crippen LogP contribution in [0.3, 0.4) is 0 Å². The smallest absolute Gasteiger partial charge is 0.266 e. The quantitative estimate of drug-likeness (QED) is 0.585. The van der Waals surface area contributed by atoms with E-state index in [1.54, 1.807) is 0 Å². The van der Waals surface area contributed by atoms with Gasteiger partial charge in [-0.2, -0.15) is 0 Å². The third kappa shape index (κ3) is 5.20.